The number of hydrogen-bond acceptors (Lipinski definition) is 3. The van der Waals surface area contributed by atoms with Crippen molar-refractivity contribution in [1.29, 1.82) is 0 Å². The third kappa shape index (κ3) is 3.93. The summed E-state index contributed by atoms with van der Waals surface area (Å²) in [7, 11) is 1.65. The van der Waals surface area contributed by atoms with Gasteiger partial charge in [-0.3, -0.25) is 4.79 Å². The van der Waals surface area contributed by atoms with Crippen LogP contribution in [0.25, 0.3) is 0 Å². The molecular weight excluding hydrogens is 202 g/mol. The zero-order chi connectivity index (χ0) is 11.8. The topological polar surface area (TPSA) is 38.3 Å². The quantitative estimate of drug-likeness (QED) is 0.719. The summed E-state index contributed by atoms with van der Waals surface area (Å²) >= 11 is 0. The second-order valence-corrected chi connectivity index (χ2v) is 3.62. The van der Waals surface area contributed by atoms with Gasteiger partial charge in [-0.1, -0.05) is 19.1 Å². The highest BCUT2D eigenvalue weighted by Gasteiger charge is 2.01. The molecule has 1 aromatic carbocycles. The van der Waals surface area contributed by atoms with Crippen molar-refractivity contribution >= 4 is 11.5 Å². The fraction of sp³-hybridized carbons (Fsp3) is 0.462. The molecule has 3 nitrogen and oxygen atoms in total. The smallest absolute Gasteiger partial charge is 0.141 e. The van der Waals surface area contributed by atoms with Gasteiger partial charge >= 0.3 is 0 Å². The lowest BCUT2D eigenvalue weighted by Gasteiger charge is -2.10. The van der Waals surface area contributed by atoms with Crippen LogP contribution in [0.3, 0.4) is 0 Å². The number of carbonyl (C=O) groups is 1. The van der Waals surface area contributed by atoms with Gasteiger partial charge in [0.15, 0.2) is 0 Å². The molecule has 0 heterocycles. The minimum Gasteiger partial charge on any atom is -0.495 e. The van der Waals surface area contributed by atoms with E-state index in [1.165, 1.54) is 0 Å². The van der Waals surface area contributed by atoms with Crippen molar-refractivity contribution < 1.29 is 9.53 Å². The van der Waals surface area contributed by atoms with E-state index in [2.05, 4.69) is 5.32 Å². The molecule has 0 aliphatic carbocycles. The van der Waals surface area contributed by atoms with Crippen molar-refractivity contribution in [3.8, 4) is 5.75 Å². The number of methoxy groups -OCH3 is 1. The number of Topliss-reactive ketones (excluding diaryl/α,β-unsaturated/α-hetero) is 1. The van der Waals surface area contributed by atoms with E-state index in [4.69, 9.17) is 4.74 Å². The van der Waals surface area contributed by atoms with Gasteiger partial charge in [-0.15, -0.1) is 0 Å². The van der Waals surface area contributed by atoms with Gasteiger partial charge < -0.3 is 10.1 Å². The van der Waals surface area contributed by atoms with E-state index in [-0.39, 0.29) is 0 Å². The van der Waals surface area contributed by atoms with E-state index in [9.17, 15) is 4.79 Å². The van der Waals surface area contributed by atoms with Gasteiger partial charge in [0.25, 0.3) is 0 Å². The first-order valence-corrected chi connectivity index (χ1v) is 5.66. The Bertz CT molecular complexity index is 336. The highest BCUT2D eigenvalue weighted by molar-refractivity contribution is 5.77. The van der Waals surface area contributed by atoms with Gasteiger partial charge in [0.1, 0.15) is 11.5 Å². The fourth-order valence-corrected chi connectivity index (χ4v) is 1.48. The lowest BCUT2D eigenvalue weighted by atomic mass is 10.2. The summed E-state index contributed by atoms with van der Waals surface area (Å²) in [6, 6.07) is 7.78. The van der Waals surface area contributed by atoms with Crippen molar-refractivity contribution in [2.75, 3.05) is 19.0 Å². The normalized spacial score (nSPS) is 9.88. The predicted molar refractivity (Wildman–Crippen MR) is 66.0 cm³/mol. The summed E-state index contributed by atoms with van der Waals surface area (Å²) in [6.07, 6.45) is 2.15. The Labute approximate surface area is 96.8 Å². The highest BCUT2D eigenvalue weighted by atomic mass is 16.5. The Morgan fingerprint density at radius 3 is 2.81 bits per heavy atom. The molecule has 16 heavy (non-hydrogen) atoms. The van der Waals surface area contributed by atoms with Crippen molar-refractivity contribution in [2.45, 2.75) is 26.2 Å². The fourth-order valence-electron chi connectivity index (χ4n) is 1.48. The summed E-state index contributed by atoms with van der Waals surface area (Å²) < 4.78 is 5.22. The molecule has 0 fully saturated rings. The SMILES string of the molecule is CCC(=O)CCCNc1ccccc1OC. The molecule has 3 heteroatoms. The van der Waals surface area contributed by atoms with Crippen LogP contribution in [0.1, 0.15) is 26.2 Å². The zero-order valence-electron chi connectivity index (χ0n) is 9.95. The number of nitrogens with one attached hydrogen (secondary N) is 1. The van der Waals surface area contributed by atoms with Crippen molar-refractivity contribution in [1.82, 2.24) is 0 Å². The molecule has 1 aromatic rings. The lowest BCUT2D eigenvalue weighted by molar-refractivity contribution is -0.118. The molecule has 0 aromatic heterocycles. The molecule has 0 radical (unpaired) electrons. The molecule has 0 amide bonds. The van der Waals surface area contributed by atoms with Crippen LogP contribution >= 0.6 is 0 Å². The Hall–Kier alpha value is -1.51. The molecule has 0 saturated carbocycles. The predicted octanol–water partition coefficient (Wildman–Crippen LogP) is 2.87. The van der Waals surface area contributed by atoms with Crippen LogP contribution in [-0.4, -0.2) is 19.4 Å². The second kappa shape index (κ2) is 6.88. The lowest BCUT2D eigenvalue weighted by Crippen LogP contribution is -2.05. The first-order chi connectivity index (χ1) is 7.77. The number of ketones is 1. The maximum Gasteiger partial charge on any atom is 0.141 e. The largest absolute Gasteiger partial charge is 0.495 e. The van der Waals surface area contributed by atoms with E-state index < -0.39 is 0 Å². The number of para-hydroxylation sites is 2. The molecular formula is C13H19NO2. The summed E-state index contributed by atoms with van der Waals surface area (Å²) in [5, 5.41) is 3.27. The van der Waals surface area contributed by atoms with Crippen molar-refractivity contribution in [3.05, 3.63) is 24.3 Å². The average Bonchev–Trinajstić information content (AvgIpc) is 2.34. The van der Waals surface area contributed by atoms with Crippen LogP contribution in [0.5, 0.6) is 5.75 Å². The van der Waals surface area contributed by atoms with E-state index in [1.807, 2.05) is 31.2 Å². The van der Waals surface area contributed by atoms with Gasteiger partial charge in [-0.2, -0.15) is 0 Å². The standard InChI is InChI=1S/C13H19NO2/c1-3-11(15)7-6-10-14-12-8-4-5-9-13(12)16-2/h4-5,8-9,14H,3,6-7,10H2,1-2H3. The molecule has 0 atom stereocenters. The molecule has 0 saturated heterocycles. The molecule has 0 unspecified atom stereocenters. The third-order valence-corrected chi connectivity index (χ3v) is 2.45. The summed E-state index contributed by atoms with van der Waals surface area (Å²) in [4.78, 5) is 11.1. The van der Waals surface area contributed by atoms with E-state index in [1.54, 1.807) is 7.11 Å². The molecule has 1 N–H and O–H groups in total. The number of anilines is 1. The second-order valence-electron chi connectivity index (χ2n) is 3.62. The van der Waals surface area contributed by atoms with E-state index >= 15 is 0 Å². The van der Waals surface area contributed by atoms with Crippen molar-refractivity contribution in [3.63, 3.8) is 0 Å². The Morgan fingerprint density at radius 2 is 2.12 bits per heavy atom. The molecule has 0 aliphatic rings. The van der Waals surface area contributed by atoms with Crippen LogP contribution in [-0.2, 0) is 4.79 Å². The van der Waals surface area contributed by atoms with Gasteiger partial charge in [0.05, 0.1) is 12.8 Å². The summed E-state index contributed by atoms with van der Waals surface area (Å²) in [6.45, 7) is 2.70. The Balaban J connectivity index is 2.34. The molecule has 1 rings (SSSR count). The Morgan fingerprint density at radius 1 is 1.38 bits per heavy atom. The monoisotopic (exact) mass is 221 g/mol. The third-order valence-electron chi connectivity index (χ3n) is 2.45. The van der Waals surface area contributed by atoms with Crippen molar-refractivity contribution in [2.24, 2.45) is 0 Å². The average molecular weight is 221 g/mol. The Kier molecular flexibility index (Phi) is 5.40. The maximum atomic E-state index is 11.1. The van der Waals surface area contributed by atoms with Gasteiger partial charge in [-0.05, 0) is 18.6 Å². The van der Waals surface area contributed by atoms with Gasteiger partial charge in [0.2, 0.25) is 0 Å². The summed E-state index contributed by atoms with van der Waals surface area (Å²) in [5.41, 5.74) is 0.981. The van der Waals surface area contributed by atoms with E-state index in [0.29, 0.717) is 18.6 Å². The molecule has 88 valence electrons. The first-order valence-electron chi connectivity index (χ1n) is 5.66. The first kappa shape index (κ1) is 12.6. The number of rotatable bonds is 7. The highest BCUT2D eigenvalue weighted by Crippen LogP contribution is 2.22. The van der Waals surface area contributed by atoms with Crippen LogP contribution in [0.4, 0.5) is 5.69 Å². The number of benzene rings is 1. The molecule has 0 spiro atoms. The zero-order valence-corrected chi connectivity index (χ0v) is 9.95. The van der Waals surface area contributed by atoms with Crippen LogP contribution < -0.4 is 10.1 Å². The maximum absolute atomic E-state index is 11.1. The minimum atomic E-state index is 0.321. The van der Waals surface area contributed by atoms with Gasteiger partial charge in [0, 0.05) is 19.4 Å². The minimum absolute atomic E-state index is 0.321. The van der Waals surface area contributed by atoms with Crippen LogP contribution in [0.2, 0.25) is 0 Å². The number of ether oxygens (including phenoxy) is 1. The van der Waals surface area contributed by atoms with Crippen LogP contribution in [0.15, 0.2) is 24.3 Å². The number of hydrogen-bond donors (Lipinski definition) is 1. The molecule has 0 aliphatic heterocycles. The molecule has 0 bridgehead atoms. The number of carbonyl (C=O) groups excluding carboxylic acids is 1. The summed E-state index contributed by atoms with van der Waals surface area (Å²) in [5.74, 6) is 1.16. The van der Waals surface area contributed by atoms with E-state index in [0.717, 1.165) is 24.4 Å². The van der Waals surface area contributed by atoms with Gasteiger partial charge in [-0.25, -0.2) is 0 Å². The van der Waals surface area contributed by atoms with Crippen LogP contribution in [0, 0.1) is 0 Å².